The Morgan fingerprint density at radius 2 is 1.54 bits per heavy atom. The number of aliphatic hydroxyl groups excluding tert-OH is 1. The van der Waals surface area contributed by atoms with Crippen LogP contribution in [-0.4, -0.2) is 53.5 Å². The van der Waals surface area contributed by atoms with Gasteiger partial charge in [0.1, 0.15) is 6.61 Å². The van der Waals surface area contributed by atoms with Crippen LogP contribution in [0.5, 0.6) is 0 Å². The third-order valence-corrected chi connectivity index (χ3v) is 6.55. The van der Waals surface area contributed by atoms with Crippen molar-refractivity contribution in [2.75, 3.05) is 13.2 Å². The molecule has 188 valence electrons. The number of benzene rings is 2. The molecule has 0 radical (unpaired) electrons. The summed E-state index contributed by atoms with van der Waals surface area (Å²) in [5.74, 6) is -1.72. The molecule has 3 rings (SSSR count). The number of amides is 2. The third kappa shape index (κ3) is 6.00. The van der Waals surface area contributed by atoms with Crippen LogP contribution in [0.2, 0.25) is 0 Å². The van der Waals surface area contributed by atoms with Crippen molar-refractivity contribution in [3.05, 3.63) is 59.7 Å². The summed E-state index contributed by atoms with van der Waals surface area (Å²) in [6.07, 6.45) is -2.27. The molecule has 2 aromatic rings. The molecule has 1 aliphatic carbocycles. The molecule has 2 unspecified atom stereocenters. The van der Waals surface area contributed by atoms with Gasteiger partial charge in [-0.05, 0) is 42.0 Å². The molecule has 0 saturated heterocycles. The Morgan fingerprint density at radius 3 is 2.06 bits per heavy atom. The second kappa shape index (κ2) is 10.9. The van der Waals surface area contributed by atoms with E-state index in [4.69, 9.17) is 9.84 Å². The minimum atomic E-state index is -1.19. The van der Waals surface area contributed by atoms with Gasteiger partial charge < -0.3 is 25.6 Å². The zero-order valence-corrected chi connectivity index (χ0v) is 20.6. The maximum absolute atomic E-state index is 12.9. The van der Waals surface area contributed by atoms with E-state index in [2.05, 4.69) is 22.8 Å². The Bertz CT molecular complexity index is 1040. The first-order valence-electron chi connectivity index (χ1n) is 11.8. The van der Waals surface area contributed by atoms with E-state index in [-0.39, 0.29) is 25.0 Å². The molecule has 35 heavy (non-hydrogen) atoms. The summed E-state index contributed by atoms with van der Waals surface area (Å²) in [7, 11) is 0. The van der Waals surface area contributed by atoms with E-state index in [1.54, 1.807) is 13.8 Å². The number of carbonyl (C=O) groups is 3. The van der Waals surface area contributed by atoms with Crippen molar-refractivity contribution < 1.29 is 29.3 Å². The van der Waals surface area contributed by atoms with Gasteiger partial charge in [-0.25, -0.2) is 4.79 Å². The number of hydrogen-bond acceptors (Lipinski definition) is 5. The lowest BCUT2D eigenvalue weighted by Gasteiger charge is -2.36. The molecule has 2 aromatic carbocycles. The van der Waals surface area contributed by atoms with Crippen LogP contribution in [0.15, 0.2) is 48.5 Å². The van der Waals surface area contributed by atoms with Crippen LogP contribution in [0.4, 0.5) is 4.79 Å². The van der Waals surface area contributed by atoms with Crippen LogP contribution < -0.4 is 10.6 Å². The quantitative estimate of drug-likeness (QED) is 0.411. The summed E-state index contributed by atoms with van der Waals surface area (Å²) in [4.78, 5) is 36.4. The van der Waals surface area contributed by atoms with Crippen molar-refractivity contribution in [2.24, 2.45) is 11.3 Å². The number of alkyl carbamates (subject to hydrolysis) is 1. The predicted octanol–water partition coefficient (Wildman–Crippen LogP) is 3.53. The first kappa shape index (κ1) is 26.2. The average molecular weight is 483 g/mol. The summed E-state index contributed by atoms with van der Waals surface area (Å²) < 4.78 is 5.65. The maximum Gasteiger partial charge on any atom is 0.407 e. The van der Waals surface area contributed by atoms with Crippen LogP contribution >= 0.6 is 0 Å². The van der Waals surface area contributed by atoms with Gasteiger partial charge in [-0.2, -0.15) is 0 Å². The summed E-state index contributed by atoms with van der Waals surface area (Å²) in [5.41, 5.74) is 3.46. The number of nitrogens with one attached hydrogen (secondary N) is 2. The second-order valence-corrected chi connectivity index (χ2v) is 9.87. The van der Waals surface area contributed by atoms with E-state index < -0.39 is 42.0 Å². The topological polar surface area (TPSA) is 125 Å². The SMILES string of the molecule is CC(C)C(NC(=O)OCC1c2ccccc2-c2ccccc21)C(C)(C)C(=O)NCC(O)CC(=O)O. The van der Waals surface area contributed by atoms with Gasteiger partial charge in [0.25, 0.3) is 0 Å². The van der Waals surface area contributed by atoms with Gasteiger partial charge in [-0.15, -0.1) is 0 Å². The molecule has 2 atom stereocenters. The molecule has 1 aliphatic rings. The van der Waals surface area contributed by atoms with Crippen molar-refractivity contribution in [3.63, 3.8) is 0 Å². The van der Waals surface area contributed by atoms with Crippen molar-refractivity contribution in [1.82, 2.24) is 10.6 Å². The number of carbonyl (C=O) groups excluding carboxylic acids is 2. The van der Waals surface area contributed by atoms with Crippen molar-refractivity contribution in [2.45, 2.75) is 52.2 Å². The monoisotopic (exact) mass is 482 g/mol. The molecule has 8 heteroatoms. The number of aliphatic hydroxyl groups is 1. The Balaban J connectivity index is 1.64. The van der Waals surface area contributed by atoms with Crippen LogP contribution in [0, 0.1) is 11.3 Å². The molecular formula is C27H34N2O6. The first-order chi connectivity index (χ1) is 16.5. The highest BCUT2D eigenvalue weighted by Crippen LogP contribution is 2.44. The van der Waals surface area contributed by atoms with E-state index in [1.165, 1.54) is 0 Å². The molecule has 0 heterocycles. The van der Waals surface area contributed by atoms with E-state index in [9.17, 15) is 19.5 Å². The van der Waals surface area contributed by atoms with E-state index in [0.29, 0.717) is 0 Å². The first-order valence-corrected chi connectivity index (χ1v) is 11.8. The zero-order chi connectivity index (χ0) is 25.8. The van der Waals surface area contributed by atoms with Gasteiger partial charge in [-0.1, -0.05) is 62.4 Å². The molecule has 2 amide bonds. The second-order valence-electron chi connectivity index (χ2n) is 9.87. The largest absolute Gasteiger partial charge is 0.481 e. The standard InChI is InChI=1S/C27H34N2O6/c1-16(2)24(27(3,4)25(33)28-14-17(30)13-23(31)32)29-26(34)35-15-22-20-11-7-5-9-18(20)19-10-6-8-12-21(19)22/h5-12,16-17,22,24,30H,13-15H2,1-4H3,(H,28,33)(H,29,34)(H,31,32). The highest BCUT2D eigenvalue weighted by molar-refractivity contribution is 5.84. The number of hydrogen-bond donors (Lipinski definition) is 4. The normalized spacial score (nSPS) is 14.6. The number of ether oxygens (including phenoxy) is 1. The van der Waals surface area contributed by atoms with Gasteiger partial charge >= 0.3 is 12.1 Å². The molecule has 0 saturated carbocycles. The zero-order valence-electron chi connectivity index (χ0n) is 20.6. The summed E-state index contributed by atoms with van der Waals surface area (Å²) in [6, 6.07) is 15.6. The fourth-order valence-electron chi connectivity index (χ4n) is 4.80. The minimum Gasteiger partial charge on any atom is -0.481 e. The molecule has 0 bridgehead atoms. The molecule has 0 fully saturated rings. The van der Waals surface area contributed by atoms with Crippen molar-refractivity contribution >= 4 is 18.0 Å². The molecule has 0 spiro atoms. The van der Waals surface area contributed by atoms with Crippen LogP contribution in [0.3, 0.4) is 0 Å². The van der Waals surface area contributed by atoms with Gasteiger partial charge in [-0.3, -0.25) is 9.59 Å². The van der Waals surface area contributed by atoms with Crippen LogP contribution in [-0.2, 0) is 14.3 Å². The lowest BCUT2D eigenvalue weighted by Crippen LogP contribution is -2.55. The minimum absolute atomic E-state index is 0.0716. The average Bonchev–Trinajstić information content (AvgIpc) is 3.12. The number of rotatable bonds is 10. The van der Waals surface area contributed by atoms with Gasteiger partial charge in [0.05, 0.1) is 17.9 Å². The van der Waals surface area contributed by atoms with Crippen LogP contribution in [0.25, 0.3) is 11.1 Å². The highest BCUT2D eigenvalue weighted by atomic mass is 16.5. The Labute approximate surface area is 205 Å². The predicted molar refractivity (Wildman–Crippen MR) is 132 cm³/mol. The van der Waals surface area contributed by atoms with Crippen molar-refractivity contribution in [3.8, 4) is 11.1 Å². The third-order valence-electron chi connectivity index (χ3n) is 6.55. The molecule has 0 aromatic heterocycles. The Hall–Kier alpha value is -3.39. The molecule has 8 nitrogen and oxygen atoms in total. The molecule has 4 N–H and O–H groups in total. The summed E-state index contributed by atoms with van der Waals surface area (Å²) in [6.45, 7) is 7.15. The summed E-state index contributed by atoms with van der Waals surface area (Å²) in [5, 5.41) is 24.0. The number of aliphatic carboxylic acids is 1. The number of carboxylic acids is 1. The van der Waals surface area contributed by atoms with Gasteiger partial charge in [0, 0.05) is 18.5 Å². The fraction of sp³-hybridized carbons (Fsp3) is 0.444. The Morgan fingerprint density at radius 1 is 1.00 bits per heavy atom. The van der Waals surface area contributed by atoms with Gasteiger partial charge in [0.15, 0.2) is 0 Å². The number of fused-ring (bicyclic) bond motifs is 3. The number of carboxylic acid groups (broad SMARTS) is 1. The van der Waals surface area contributed by atoms with E-state index >= 15 is 0 Å². The summed E-state index contributed by atoms with van der Waals surface area (Å²) >= 11 is 0. The lowest BCUT2D eigenvalue weighted by atomic mass is 9.77. The smallest absolute Gasteiger partial charge is 0.407 e. The molecule has 0 aliphatic heterocycles. The fourth-order valence-corrected chi connectivity index (χ4v) is 4.80. The van der Waals surface area contributed by atoms with Gasteiger partial charge in [0.2, 0.25) is 5.91 Å². The molecular weight excluding hydrogens is 448 g/mol. The maximum atomic E-state index is 12.9. The van der Waals surface area contributed by atoms with E-state index in [0.717, 1.165) is 22.3 Å². The van der Waals surface area contributed by atoms with Crippen molar-refractivity contribution in [1.29, 1.82) is 0 Å². The van der Waals surface area contributed by atoms with E-state index in [1.807, 2.05) is 50.2 Å². The van der Waals surface area contributed by atoms with Crippen LogP contribution in [0.1, 0.15) is 51.2 Å². The highest BCUT2D eigenvalue weighted by Gasteiger charge is 2.40. The Kier molecular flexibility index (Phi) is 8.17. The lowest BCUT2D eigenvalue weighted by molar-refractivity contribution is -0.140.